The summed E-state index contributed by atoms with van der Waals surface area (Å²) in [5.74, 6) is -0.186. The van der Waals surface area contributed by atoms with Crippen LogP contribution in [0.4, 0.5) is 4.39 Å². The molecule has 2 nitrogen and oxygen atoms in total. The molecule has 1 aliphatic carbocycles. The fourth-order valence-electron chi connectivity index (χ4n) is 2.66. The molecule has 3 heteroatoms. The van der Waals surface area contributed by atoms with Crippen LogP contribution in [0.15, 0.2) is 24.3 Å². The molecular weight excluding hydrogens is 229 g/mol. The van der Waals surface area contributed by atoms with Gasteiger partial charge >= 0.3 is 0 Å². The first-order valence-corrected chi connectivity index (χ1v) is 6.78. The fourth-order valence-corrected chi connectivity index (χ4v) is 2.66. The van der Waals surface area contributed by atoms with Crippen molar-refractivity contribution in [1.29, 1.82) is 0 Å². The summed E-state index contributed by atoms with van der Waals surface area (Å²) < 4.78 is 13.0. The van der Waals surface area contributed by atoms with Gasteiger partial charge in [-0.15, -0.1) is 0 Å². The van der Waals surface area contributed by atoms with E-state index < -0.39 is 5.60 Å². The van der Waals surface area contributed by atoms with Gasteiger partial charge in [0.15, 0.2) is 0 Å². The molecular formula is C15H22FNO. The molecule has 1 atom stereocenters. The monoisotopic (exact) mass is 251 g/mol. The average Bonchev–Trinajstić information content (AvgIpc) is 2.74. The molecule has 0 spiro atoms. The molecule has 0 bridgehead atoms. The van der Waals surface area contributed by atoms with Gasteiger partial charge in [0.1, 0.15) is 5.82 Å². The summed E-state index contributed by atoms with van der Waals surface area (Å²) in [7, 11) is 0. The number of hydrogen-bond donors (Lipinski definition) is 2. The first kappa shape index (κ1) is 13.5. The quantitative estimate of drug-likeness (QED) is 0.843. The third kappa shape index (κ3) is 3.79. The van der Waals surface area contributed by atoms with E-state index in [1.807, 2.05) is 6.07 Å². The molecule has 0 aliphatic heterocycles. The van der Waals surface area contributed by atoms with Gasteiger partial charge in [-0.05, 0) is 43.9 Å². The Morgan fingerprint density at radius 2 is 2.11 bits per heavy atom. The molecule has 1 aliphatic rings. The zero-order valence-electron chi connectivity index (χ0n) is 11.0. The lowest BCUT2D eigenvalue weighted by molar-refractivity contribution is 0.0454. The number of aliphatic hydroxyl groups is 1. The lowest BCUT2D eigenvalue weighted by Crippen LogP contribution is -2.42. The summed E-state index contributed by atoms with van der Waals surface area (Å²) in [6, 6.07) is 6.95. The Kier molecular flexibility index (Phi) is 4.36. The summed E-state index contributed by atoms with van der Waals surface area (Å²) in [4.78, 5) is 0. The van der Waals surface area contributed by atoms with Crippen molar-refractivity contribution in [3.8, 4) is 0 Å². The summed E-state index contributed by atoms with van der Waals surface area (Å²) in [5.41, 5.74) is 0.476. The zero-order valence-corrected chi connectivity index (χ0v) is 11.0. The van der Waals surface area contributed by atoms with Crippen molar-refractivity contribution in [2.75, 3.05) is 6.54 Å². The predicted molar refractivity (Wildman–Crippen MR) is 71.0 cm³/mol. The molecule has 1 fully saturated rings. The van der Waals surface area contributed by atoms with Crippen LogP contribution in [-0.4, -0.2) is 23.3 Å². The Morgan fingerprint density at radius 1 is 1.39 bits per heavy atom. The molecule has 0 aromatic heterocycles. The Morgan fingerprint density at radius 3 is 2.78 bits per heavy atom. The van der Waals surface area contributed by atoms with Crippen molar-refractivity contribution in [1.82, 2.24) is 5.32 Å². The van der Waals surface area contributed by atoms with Gasteiger partial charge in [0.05, 0.1) is 5.60 Å². The van der Waals surface area contributed by atoms with E-state index in [9.17, 15) is 9.50 Å². The van der Waals surface area contributed by atoms with Crippen LogP contribution in [-0.2, 0) is 6.42 Å². The van der Waals surface area contributed by atoms with Gasteiger partial charge in [0.2, 0.25) is 0 Å². The zero-order chi connectivity index (χ0) is 13.0. The number of hydrogen-bond acceptors (Lipinski definition) is 2. The van der Waals surface area contributed by atoms with Gasteiger partial charge in [-0.1, -0.05) is 25.0 Å². The van der Waals surface area contributed by atoms with Crippen molar-refractivity contribution in [2.45, 2.75) is 50.7 Å². The second-order valence-corrected chi connectivity index (χ2v) is 5.55. The summed E-state index contributed by atoms with van der Waals surface area (Å²) >= 11 is 0. The number of benzene rings is 1. The molecule has 2 rings (SSSR count). The second-order valence-electron chi connectivity index (χ2n) is 5.55. The Bertz CT molecular complexity index is 388. The van der Waals surface area contributed by atoms with Crippen LogP contribution in [0.25, 0.3) is 0 Å². The molecule has 18 heavy (non-hydrogen) atoms. The van der Waals surface area contributed by atoms with Crippen LogP contribution >= 0.6 is 0 Å². The summed E-state index contributed by atoms with van der Waals surface area (Å²) in [6.07, 6.45) is 4.82. The van der Waals surface area contributed by atoms with E-state index >= 15 is 0 Å². The van der Waals surface area contributed by atoms with Crippen LogP contribution < -0.4 is 5.32 Å². The number of nitrogens with one attached hydrogen (secondary N) is 1. The third-order valence-corrected chi connectivity index (χ3v) is 3.74. The summed E-state index contributed by atoms with van der Waals surface area (Å²) in [6.45, 7) is 2.71. The van der Waals surface area contributed by atoms with E-state index in [-0.39, 0.29) is 11.9 Å². The van der Waals surface area contributed by atoms with Crippen molar-refractivity contribution >= 4 is 0 Å². The van der Waals surface area contributed by atoms with Crippen molar-refractivity contribution in [3.05, 3.63) is 35.6 Å². The molecule has 0 radical (unpaired) electrons. The highest BCUT2D eigenvalue weighted by Crippen LogP contribution is 2.28. The first-order chi connectivity index (χ1) is 8.57. The topological polar surface area (TPSA) is 32.3 Å². The van der Waals surface area contributed by atoms with E-state index in [1.165, 1.54) is 6.07 Å². The van der Waals surface area contributed by atoms with Crippen LogP contribution in [0, 0.1) is 5.82 Å². The molecule has 1 unspecified atom stereocenters. The van der Waals surface area contributed by atoms with Gasteiger partial charge in [-0.2, -0.15) is 0 Å². The SMILES string of the molecule is CC(Cc1cccc(F)c1)NCC1(O)CCCC1. The van der Waals surface area contributed by atoms with Gasteiger partial charge < -0.3 is 10.4 Å². The van der Waals surface area contributed by atoms with E-state index in [2.05, 4.69) is 12.2 Å². The van der Waals surface area contributed by atoms with E-state index in [0.29, 0.717) is 6.54 Å². The first-order valence-electron chi connectivity index (χ1n) is 6.78. The van der Waals surface area contributed by atoms with Crippen LogP contribution in [0.1, 0.15) is 38.2 Å². The van der Waals surface area contributed by atoms with Crippen LogP contribution in [0.5, 0.6) is 0 Å². The summed E-state index contributed by atoms with van der Waals surface area (Å²) in [5, 5.41) is 13.6. The van der Waals surface area contributed by atoms with Gasteiger partial charge in [0.25, 0.3) is 0 Å². The maximum absolute atomic E-state index is 13.0. The standard InChI is InChI=1S/C15H22FNO/c1-12(9-13-5-4-6-14(16)10-13)17-11-15(18)7-2-3-8-15/h4-6,10,12,17-18H,2-3,7-9,11H2,1H3. The highest BCUT2D eigenvalue weighted by atomic mass is 19.1. The minimum atomic E-state index is -0.518. The lowest BCUT2D eigenvalue weighted by Gasteiger charge is -2.25. The fraction of sp³-hybridized carbons (Fsp3) is 0.600. The van der Waals surface area contributed by atoms with Gasteiger partial charge in [-0.25, -0.2) is 4.39 Å². The van der Waals surface area contributed by atoms with E-state index in [4.69, 9.17) is 0 Å². The van der Waals surface area contributed by atoms with Crippen LogP contribution in [0.3, 0.4) is 0 Å². The Hall–Kier alpha value is -0.930. The van der Waals surface area contributed by atoms with E-state index in [1.54, 1.807) is 12.1 Å². The Labute approximate surface area is 108 Å². The minimum absolute atomic E-state index is 0.186. The second kappa shape index (κ2) is 5.81. The molecule has 0 heterocycles. The van der Waals surface area contributed by atoms with E-state index in [0.717, 1.165) is 37.7 Å². The highest BCUT2D eigenvalue weighted by molar-refractivity contribution is 5.17. The number of rotatable bonds is 5. The molecule has 0 saturated heterocycles. The van der Waals surface area contributed by atoms with Crippen molar-refractivity contribution in [2.24, 2.45) is 0 Å². The molecule has 100 valence electrons. The number of halogens is 1. The molecule has 1 aromatic carbocycles. The van der Waals surface area contributed by atoms with Crippen LogP contribution in [0.2, 0.25) is 0 Å². The molecule has 1 saturated carbocycles. The molecule has 0 amide bonds. The minimum Gasteiger partial charge on any atom is -0.389 e. The molecule has 1 aromatic rings. The average molecular weight is 251 g/mol. The predicted octanol–water partition coefficient (Wildman–Crippen LogP) is 2.65. The van der Waals surface area contributed by atoms with Gasteiger partial charge in [0, 0.05) is 12.6 Å². The van der Waals surface area contributed by atoms with Crippen molar-refractivity contribution in [3.63, 3.8) is 0 Å². The van der Waals surface area contributed by atoms with Crippen molar-refractivity contribution < 1.29 is 9.50 Å². The smallest absolute Gasteiger partial charge is 0.123 e. The maximum Gasteiger partial charge on any atom is 0.123 e. The Balaban J connectivity index is 1.80. The van der Waals surface area contributed by atoms with Gasteiger partial charge in [-0.3, -0.25) is 0 Å². The third-order valence-electron chi connectivity index (χ3n) is 3.74. The lowest BCUT2D eigenvalue weighted by atomic mass is 10.0. The largest absolute Gasteiger partial charge is 0.389 e. The maximum atomic E-state index is 13.0. The normalized spacial score (nSPS) is 19.9. The highest BCUT2D eigenvalue weighted by Gasteiger charge is 2.30. The molecule has 2 N–H and O–H groups in total.